The zero-order valence-corrected chi connectivity index (χ0v) is 14.1. The summed E-state index contributed by atoms with van der Waals surface area (Å²) in [5.74, 6) is 0.125. The van der Waals surface area contributed by atoms with Gasteiger partial charge < -0.3 is 5.32 Å². The second kappa shape index (κ2) is 7.76. The molecule has 8 heteroatoms. The Bertz CT molecular complexity index is 1100. The highest BCUT2D eigenvalue weighted by atomic mass is 16.1. The number of H-pyrrole nitrogens is 1. The lowest BCUT2D eigenvalue weighted by Gasteiger charge is -2.03. The van der Waals surface area contributed by atoms with E-state index < -0.39 is 5.56 Å². The SMILES string of the molecule is C=C(C#N)c1ccc(-n2[nH]c(NC=O)c(N=Nc3ccccc3)c2=O)cc1. The summed E-state index contributed by atoms with van der Waals surface area (Å²) in [5.41, 5.74) is 1.53. The molecule has 1 heterocycles. The molecule has 3 aromatic rings. The van der Waals surface area contributed by atoms with E-state index >= 15 is 0 Å². The van der Waals surface area contributed by atoms with Gasteiger partial charge in [0.05, 0.1) is 23.0 Å². The first-order chi connectivity index (χ1) is 13.1. The molecule has 0 saturated carbocycles. The molecule has 0 saturated heterocycles. The summed E-state index contributed by atoms with van der Waals surface area (Å²) in [5, 5.41) is 22.1. The van der Waals surface area contributed by atoms with Crippen LogP contribution in [0.4, 0.5) is 17.2 Å². The molecule has 0 fully saturated rings. The molecule has 0 aliphatic carbocycles. The highest BCUT2D eigenvalue weighted by Gasteiger charge is 2.15. The minimum atomic E-state index is -0.481. The van der Waals surface area contributed by atoms with Crippen LogP contribution in [0.1, 0.15) is 5.56 Å². The number of rotatable bonds is 6. The Balaban J connectivity index is 2.01. The molecular weight excluding hydrogens is 344 g/mol. The number of anilines is 1. The molecule has 2 aromatic carbocycles. The Labute approximate surface area is 154 Å². The Hall–Kier alpha value is -4.25. The quantitative estimate of drug-likeness (QED) is 0.398. The van der Waals surface area contributed by atoms with Gasteiger partial charge >= 0.3 is 5.56 Å². The third kappa shape index (κ3) is 3.72. The van der Waals surface area contributed by atoms with Crippen LogP contribution in [0, 0.1) is 11.3 Å². The van der Waals surface area contributed by atoms with E-state index in [4.69, 9.17) is 5.26 Å². The Kier molecular flexibility index (Phi) is 5.05. The van der Waals surface area contributed by atoms with Gasteiger partial charge in [0.25, 0.3) is 0 Å². The van der Waals surface area contributed by atoms with Gasteiger partial charge in [-0.25, -0.2) is 4.68 Å². The first-order valence-electron chi connectivity index (χ1n) is 7.86. The van der Waals surface area contributed by atoms with Gasteiger partial charge in [0.15, 0.2) is 11.5 Å². The molecule has 0 unspecified atom stereocenters. The lowest BCUT2D eigenvalue weighted by Crippen LogP contribution is -2.13. The first-order valence-corrected chi connectivity index (χ1v) is 7.86. The summed E-state index contributed by atoms with van der Waals surface area (Å²) in [6, 6.07) is 17.5. The number of carbonyl (C=O) groups is 1. The number of benzene rings is 2. The zero-order chi connectivity index (χ0) is 19.2. The van der Waals surface area contributed by atoms with Crippen LogP contribution >= 0.6 is 0 Å². The number of hydrogen-bond acceptors (Lipinski definition) is 5. The highest BCUT2D eigenvalue weighted by molar-refractivity contribution is 5.77. The third-order valence-corrected chi connectivity index (χ3v) is 3.70. The van der Waals surface area contributed by atoms with Gasteiger partial charge in [-0.2, -0.15) is 10.4 Å². The molecule has 2 N–H and O–H groups in total. The lowest BCUT2D eigenvalue weighted by atomic mass is 10.1. The summed E-state index contributed by atoms with van der Waals surface area (Å²) in [7, 11) is 0. The summed E-state index contributed by atoms with van der Waals surface area (Å²) in [6.45, 7) is 3.65. The van der Waals surface area contributed by atoms with Gasteiger partial charge in [0, 0.05) is 0 Å². The van der Waals surface area contributed by atoms with Gasteiger partial charge in [-0.05, 0) is 29.8 Å². The van der Waals surface area contributed by atoms with E-state index in [1.54, 1.807) is 48.5 Å². The fourth-order valence-electron chi connectivity index (χ4n) is 2.34. The van der Waals surface area contributed by atoms with Gasteiger partial charge in [-0.1, -0.05) is 36.9 Å². The molecule has 1 aromatic heterocycles. The van der Waals surface area contributed by atoms with Crippen LogP contribution in [-0.4, -0.2) is 16.2 Å². The van der Waals surface area contributed by atoms with Gasteiger partial charge in [0.2, 0.25) is 6.41 Å². The van der Waals surface area contributed by atoms with Crippen molar-refractivity contribution in [3.63, 3.8) is 0 Å². The number of carbonyl (C=O) groups excluding carboxylic acids is 1. The molecule has 0 bridgehead atoms. The number of aromatic amines is 1. The third-order valence-electron chi connectivity index (χ3n) is 3.70. The molecule has 0 aliphatic rings. The number of nitrogens with one attached hydrogen (secondary N) is 2. The maximum absolute atomic E-state index is 12.7. The van der Waals surface area contributed by atoms with Crippen molar-refractivity contribution in [2.24, 2.45) is 10.2 Å². The van der Waals surface area contributed by atoms with Crippen molar-refractivity contribution in [2.45, 2.75) is 0 Å². The van der Waals surface area contributed by atoms with E-state index in [0.717, 1.165) is 0 Å². The molecule has 0 atom stereocenters. The van der Waals surface area contributed by atoms with E-state index in [-0.39, 0.29) is 11.5 Å². The van der Waals surface area contributed by atoms with Crippen LogP contribution < -0.4 is 10.9 Å². The predicted octanol–water partition coefficient (Wildman–Crippen LogP) is 3.69. The number of nitriles is 1. The van der Waals surface area contributed by atoms with Gasteiger partial charge in [0.1, 0.15) is 0 Å². The molecule has 0 radical (unpaired) electrons. The number of nitrogens with zero attached hydrogens (tertiary/aromatic N) is 4. The van der Waals surface area contributed by atoms with Crippen LogP contribution in [-0.2, 0) is 4.79 Å². The van der Waals surface area contributed by atoms with Crippen molar-refractivity contribution in [3.05, 3.63) is 77.1 Å². The molecule has 27 heavy (non-hydrogen) atoms. The van der Waals surface area contributed by atoms with Crippen molar-refractivity contribution in [1.29, 1.82) is 5.26 Å². The van der Waals surface area contributed by atoms with Crippen molar-refractivity contribution in [1.82, 2.24) is 9.78 Å². The Morgan fingerprint density at radius 3 is 2.48 bits per heavy atom. The maximum atomic E-state index is 12.7. The van der Waals surface area contributed by atoms with E-state index in [0.29, 0.717) is 28.9 Å². The summed E-state index contributed by atoms with van der Waals surface area (Å²) in [6.07, 6.45) is 0.442. The largest absolute Gasteiger partial charge is 0.312 e. The van der Waals surface area contributed by atoms with Crippen molar-refractivity contribution in [3.8, 4) is 11.8 Å². The standard InChI is InChI=1S/C19H14N6O2/c1-13(11-20)14-7-9-16(10-8-14)25-19(27)17(18(24-25)21-12-26)23-22-15-5-3-2-4-6-15/h2-10,12,24H,1H2,(H,21,26). The predicted molar refractivity (Wildman–Crippen MR) is 101 cm³/mol. The monoisotopic (exact) mass is 358 g/mol. The average Bonchev–Trinajstić information content (AvgIpc) is 3.02. The Morgan fingerprint density at radius 2 is 1.85 bits per heavy atom. The Morgan fingerprint density at radius 1 is 1.15 bits per heavy atom. The summed E-state index contributed by atoms with van der Waals surface area (Å²) < 4.78 is 1.23. The van der Waals surface area contributed by atoms with E-state index in [1.165, 1.54) is 4.68 Å². The second-order valence-corrected chi connectivity index (χ2v) is 5.41. The van der Waals surface area contributed by atoms with Crippen LogP contribution in [0.15, 0.2) is 76.2 Å². The average molecular weight is 358 g/mol. The fourth-order valence-corrected chi connectivity index (χ4v) is 2.34. The smallest absolute Gasteiger partial charge is 0.301 e. The van der Waals surface area contributed by atoms with Crippen LogP contribution in [0.3, 0.4) is 0 Å². The normalized spacial score (nSPS) is 10.5. The maximum Gasteiger partial charge on any atom is 0.301 e. The van der Waals surface area contributed by atoms with E-state index in [2.05, 4.69) is 27.2 Å². The molecule has 132 valence electrons. The molecule has 8 nitrogen and oxygen atoms in total. The van der Waals surface area contributed by atoms with Gasteiger partial charge in [-0.15, -0.1) is 5.11 Å². The second-order valence-electron chi connectivity index (χ2n) is 5.41. The molecule has 3 rings (SSSR count). The summed E-state index contributed by atoms with van der Waals surface area (Å²) in [4.78, 5) is 23.6. The zero-order valence-electron chi connectivity index (χ0n) is 14.1. The summed E-state index contributed by atoms with van der Waals surface area (Å²) >= 11 is 0. The van der Waals surface area contributed by atoms with Crippen molar-refractivity contribution < 1.29 is 4.79 Å². The number of amides is 1. The van der Waals surface area contributed by atoms with Gasteiger partial charge in [-0.3, -0.25) is 14.7 Å². The fraction of sp³-hybridized carbons (Fsp3) is 0. The minimum Gasteiger partial charge on any atom is -0.312 e. The number of allylic oxidation sites excluding steroid dienone is 1. The molecule has 0 aliphatic heterocycles. The topological polar surface area (TPSA) is 115 Å². The van der Waals surface area contributed by atoms with Crippen LogP contribution in [0.25, 0.3) is 11.3 Å². The van der Waals surface area contributed by atoms with E-state index in [9.17, 15) is 9.59 Å². The molecular formula is C19H14N6O2. The lowest BCUT2D eigenvalue weighted by molar-refractivity contribution is -0.105. The molecule has 1 amide bonds. The minimum absolute atomic E-state index is 0.0311. The number of aromatic nitrogens is 2. The highest BCUT2D eigenvalue weighted by Crippen LogP contribution is 2.23. The van der Waals surface area contributed by atoms with Crippen LogP contribution in [0.2, 0.25) is 0 Å². The van der Waals surface area contributed by atoms with E-state index in [1.807, 2.05) is 12.1 Å². The number of azo groups is 1. The molecule has 0 spiro atoms. The number of hydrogen-bond donors (Lipinski definition) is 2. The van der Waals surface area contributed by atoms with Crippen LogP contribution in [0.5, 0.6) is 0 Å². The van der Waals surface area contributed by atoms with Crippen molar-refractivity contribution in [2.75, 3.05) is 5.32 Å². The van der Waals surface area contributed by atoms with Crippen molar-refractivity contribution >= 4 is 29.2 Å². The first kappa shape index (κ1) is 17.6.